The second-order valence-corrected chi connectivity index (χ2v) is 7.63. The van der Waals surface area contributed by atoms with Crippen molar-refractivity contribution >= 4 is 10.0 Å². The fourth-order valence-corrected chi connectivity index (χ4v) is 3.51. The van der Waals surface area contributed by atoms with Gasteiger partial charge in [0, 0.05) is 19.6 Å². The predicted octanol–water partition coefficient (Wildman–Crippen LogP) is 1.69. The van der Waals surface area contributed by atoms with Crippen LogP contribution in [0.4, 0.5) is 0 Å². The fourth-order valence-electron chi connectivity index (χ4n) is 2.99. The molecule has 0 saturated carbocycles. The topological polar surface area (TPSA) is 72.6 Å². The number of likely N-dealkylation sites (tertiary alicyclic amines) is 1. The van der Waals surface area contributed by atoms with E-state index in [0.29, 0.717) is 12.4 Å². The number of hydrogen-bond acceptors (Lipinski definition) is 4. The number of piperidine rings is 1. The zero-order valence-electron chi connectivity index (χ0n) is 12.7. The SMILES string of the molecule is C[C@@H]1C[C@@H](C)CN(CCOc2ccc(S(N)(=O)=O)cc2)C1. The largest absolute Gasteiger partial charge is 0.492 e. The first-order valence-electron chi connectivity index (χ1n) is 7.32. The summed E-state index contributed by atoms with van der Waals surface area (Å²) in [6, 6.07) is 6.22. The molecular formula is C15H24N2O3S. The van der Waals surface area contributed by atoms with Crippen LogP contribution in [0.25, 0.3) is 0 Å². The Morgan fingerprint density at radius 3 is 2.29 bits per heavy atom. The van der Waals surface area contributed by atoms with Gasteiger partial charge in [0.1, 0.15) is 12.4 Å². The number of ether oxygens (including phenoxy) is 1. The van der Waals surface area contributed by atoms with Crippen molar-refractivity contribution < 1.29 is 13.2 Å². The zero-order valence-corrected chi connectivity index (χ0v) is 13.5. The van der Waals surface area contributed by atoms with Crippen LogP contribution in [0.2, 0.25) is 0 Å². The first-order chi connectivity index (χ1) is 9.84. The van der Waals surface area contributed by atoms with E-state index in [0.717, 1.165) is 31.5 Å². The lowest BCUT2D eigenvalue weighted by Gasteiger charge is -2.34. The van der Waals surface area contributed by atoms with E-state index in [1.807, 2.05) is 0 Å². The highest BCUT2D eigenvalue weighted by Crippen LogP contribution is 2.21. The van der Waals surface area contributed by atoms with E-state index in [2.05, 4.69) is 18.7 Å². The van der Waals surface area contributed by atoms with Crippen molar-refractivity contribution in [2.24, 2.45) is 17.0 Å². The molecule has 0 radical (unpaired) electrons. The minimum Gasteiger partial charge on any atom is -0.492 e. The van der Waals surface area contributed by atoms with Crippen LogP contribution in [0, 0.1) is 11.8 Å². The van der Waals surface area contributed by atoms with Crippen LogP contribution in [0.3, 0.4) is 0 Å². The number of sulfonamides is 1. The van der Waals surface area contributed by atoms with Crippen LogP contribution < -0.4 is 9.88 Å². The molecule has 0 aromatic heterocycles. The second-order valence-electron chi connectivity index (χ2n) is 6.07. The number of nitrogens with two attached hydrogens (primary N) is 1. The molecule has 21 heavy (non-hydrogen) atoms. The molecule has 0 aliphatic carbocycles. The van der Waals surface area contributed by atoms with Gasteiger partial charge in [0.05, 0.1) is 4.90 Å². The van der Waals surface area contributed by atoms with Crippen molar-refractivity contribution in [3.05, 3.63) is 24.3 Å². The monoisotopic (exact) mass is 312 g/mol. The number of primary sulfonamides is 1. The first kappa shape index (κ1) is 16.3. The number of hydrogen-bond donors (Lipinski definition) is 1. The molecule has 1 aromatic carbocycles. The second kappa shape index (κ2) is 6.77. The maximum absolute atomic E-state index is 11.2. The third kappa shape index (κ3) is 4.98. The highest BCUT2D eigenvalue weighted by Gasteiger charge is 2.21. The molecule has 2 rings (SSSR count). The molecule has 1 saturated heterocycles. The minimum absolute atomic E-state index is 0.105. The smallest absolute Gasteiger partial charge is 0.238 e. The van der Waals surface area contributed by atoms with Crippen LogP contribution in [0.5, 0.6) is 5.75 Å². The maximum atomic E-state index is 11.2. The number of rotatable bonds is 5. The summed E-state index contributed by atoms with van der Waals surface area (Å²) >= 11 is 0. The minimum atomic E-state index is -3.63. The normalized spacial score (nSPS) is 24.0. The Morgan fingerprint density at radius 2 is 1.76 bits per heavy atom. The first-order valence-corrected chi connectivity index (χ1v) is 8.87. The van der Waals surface area contributed by atoms with E-state index in [4.69, 9.17) is 9.88 Å². The van der Waals surface area contributed by atoms with Gasteiger partial charge in [-0.1, -0.05) is 13.8 Å². The molecule has 1 aliphatic rings. The van der Waals surface area contributed by atoms with E-state index in [1.165, 1.54) is 18.6 Å². The molecule has 0 amide bonds. The lowest BCUT2D eigenvalue weighted by molar-refractivity contribution is 0.120. The van der Waals surface area contributed by atoms with Crippen molar-refractivity contribution in [1.29, 1.82) is 0 Å². The summed E-state index contributed by atoms with van der Waals surface area (Å²) in [6.45, 7) is 8.32. The van der Waals surface area contributed by atoms with Crippen molar-refractivity contribution in [3.8, 4) is 5.75 Å². The standard InChI is InChI=1S/C15H24N2O3S/c1-12-9-13(2)11-17(10-12)7-8-20-14-3-5-15(6-4-14)21(16,18)19/h3-6,12-13H,7-11H2,1-2H3,(H2,16,18,19)/t12-,13-/m1/s1. The number of benzene rings is 1. The Bertz CT molecular complexity index is 547. The van der Waals surface area contributed by atoms with E-state index in [9.17, 15) is 8.42 Å². The van der Waals surface area contributed by atoms with E-state index in [1.54, 1.807) is 12.1 Å². The van der Waals surface area contributed by atoms with Gasteiger partial charge in [-0.25, -0.2) is 13.6 Å². The molecule has 118 valence electrons. The van der Waals surface area contributed by atoms with Gasteiger partial charge in [-0.3, -0.25) is 4.90 Å². The molecule has 1 aliphatic heterocycles. The molecule has 2 N–H and O–H groups in total. The summed E-state index contributed by atoms with van der Waals surface area (Å²) in [6.07, 6.45) is 1.30. The highest BCUT2D eigenvalue weighted by atomic mass is 32.2. The third-order valence-electron chi connectivity index (χ3n) is 3.77. The van der Waals surface area contributed by atoms with Gasteiger partial charge in [-0.15, -0.1) is 0 Å². The van der Waals surface area contributed by atoms with Crippen LogP contribution in [-0.4, -0.2) is 39.6 Å². The maximum Gasteiger partial charge on any atom is 0.238 e. The Morgan fingerprint density at radius 1 is 1.19 bits per heavy atom. The quantitative estimate of drug-likeness (QED) is 0.898. The van der Waals surface area contributed by atoms with Crippen molar-refractivity contribution in [1.82, 2.24) is 4.90 Å². The van der Waals surface area contributed by atoms with Gasteiger partial charge in [-0.05, 0) is 42.5 Å². The van der Waals surface area contributed by atoms with E-state index in [-0.39, 0.29) is 4.90 Å². The van der Waals surface area contributed by atoms with Gasteiger partial charge < -0.3 is 4.74 Å². The lowest BCUT2D eigenvalue weighted by Crippen LogP contribution is -2.40. The summed E-state index contributed by atoms with van der Waals surface area (Å²) in [5, 5.41) is 5.06. The van der Waals surface area contributed by atoms with Crippen LogP contribution in [0.1, 0.15) is 20.3 Å². The molecule has 1 heterocycles. The Hall–Kier alpha value is -1.11. The molecule has 5 nitrogen and oxygen atoms in total. The summed E-state index contributed by atoms with van der Waals surface area (Å²) in [4.78, 5) is 2.53. The highest BCUT2D eigenvalue weighted by molar-refractivity contribution is 7.89. The average molecular weight is 312 g/mol. The third-order valence-corrected chi connectivity index (χ3v) is 4.70. The van der Waals surface area contributed by atoms with Gasteiger partial charge in [-0.2, -0.15) is 0 Å². The summed E-state index contributed by atoms with van der Waals surface area (Å²) in [7, 11) is -3.63. The molecule has 0 unspecified atom stereocenters. The fraction of sp³-hybridized carbons (Fsp3) is 0.600. The van der Waals surface area contributed by atoms with Crippen molar-refractivity contribution in [2.45, 2.75) is 25.2 Å². The Balaban J connectivity index is 1.81. The van der Waals surface area contributed by atoms with E-state index < -0.39 is 10.0 Å². The number of nitrogens with zero attached hydrogens (tertiary/aromatic N) is 1. The molecule has 0 bridgehead atoms. The molecule has 2 atom stereocenters. The van der Waals surface area contributed by atoms with Crippen LogP contribution >= 0.6 is 0 Å². The van der Waals surface area contributed by atoms with E-state index >= 15 is 0 Å². The molecule has 1 aromatic rings. The van der Waals surface area contributed by atoms with Crippen molar-refractivity contribution in [3.63, 3.8) is 0 Å². The van der Waals surface area contributed by atoms with Crippen LogP contribution in [0.15, 0.2) is 29.2 Å². The molecular weight excluding hydrogens is 288 g/mol. The summed E-state index contributed by atoms with van der Waals surface area (Å²) < 4.78 is 28.0. The molecule has 1 fully saturated rings. The van der Waals surface area contributed by atoms with Crippen LogP contribution in [-0.2, 0) is 10.0 Å². The molecule has 6 heteroatoms. The van der Waals surface area contributed by atoms with Crippen molar-refractivity contribution in [2.75, 3.05) is 26.2 Å². The Kier molecular flexibility index (Phi) is 5.24. The zero-order chi connectivity index (χ0) is 15.5. The predicted molar refractivity (Wildman–Crippen MR) is 82.7 cm³/mol. The van der Waals surface area contributed by atoms with Gasteiger partial charge in [0.25, 0.3) is 0 Å². The lowest BCUT2D eigenvalue weighted by atomic mass is 9.92. The average Bonchev–Trinajstić information content (AvgIpc) is 2.37. The summed E-state index contributed by atoms with van der Waals surface area (Å²) in [5.74, 6) is 2.14. The Labute approximate surface area is 127 Å². The molecule has 0 spiro atoms. The van der Waals surface area contributed by atoms with Gasteiger partial charge >= 0.3 is 0 Å². The summed E-state index contributed by atoms with van der Waals surface area (Å²) in [5.41, 5.74) is 0. The van der Waals surface area contributed by atoms with Gasteiger partial charge in [0.15, 0.2) is 0 Å². The van der Waals surface area contributed by atoms with Gasteiger partial charge in [0.2, 0.25) is 10.0 Å².